The van der Waals surface area contributed by atoms with E-state index in [0.29, 0.717) is 0 Å². The van der Waals surface area contributed by atoms with Crippen LogP contribution in [-0.4, -0.2) is 5.78 Å². The van der Waals surface area contributed by atoms with Gasteiger partial charge in [0.2, 0.25) is 0 Å². The molecule has 0 aliphatic rings. The molecular formula is C15H4Cl4N2O3. The van der Waals surface area contributed by atoms with Crippen LogP contribution >= 0.6 is 46.4 Å². The Morgan fingerprint density at radius 2 is 1.12 bits per heavy atom. The third-order valence-electron chi connectivity index (χ3n) is 2.89. The molecule has 5 nitrogen and oxygen atoms in total. The number of hydrogen-bond acceptors (Lipinski definition) is 5. The number of rotatable bonds is 4. The molecule has 0 bridgehead atoms. The lowest BCUT2D eigenvalue weighted by Gasteiger charge is -2.10. The van der Waals surface area contributed by atoms with Gasteiger partial charge in [0.05, 0.1) is 10.0 Å². The van der Waals surface area contributed by atoms with Crippen molar-refractivity contribution in [1.82, 2.24) is 0 Å². The summed E-state index contributed by atoms with van der Waals surface area (Å²) < 4.78 is 9.25. The Kier molecular flexibility index (Phi) is 5.77. The molecule has 0 fully saturated rings. The van der Waals surface area contributed by atoms with Gasteiger partial charge in [-0.1, -0.05) is 46.4 Å². The van der Waals surface area contributed by atoms with E-state index in [1.165, 1.54) is 36.8 Å². The van der Waals surface area contributed by atoms with Crippen molar-refractivity contribution in [2.24, 2.45) is 0 Å². The molecule has 120 valence electrons. The number of ether oxygens (including phenoxy) is 2. The molecule has 2 rings (SSSR count). The molecular weight excluding hydrogens is 398 g/mol. The lowest BCUT2D eigenvalue weighted by Crippen LogP contribution is -2.04. The Hall–Kier alpha value is -2.15. The van der Waals surface area contributed by atoms with E-state index >= 15 is 0 Å². The SMILES string of the molecule is N#COc1ccc(C(=O)c2ccc(OC#N)c(Cl)c2Cl)c(Cl)c1Cl. The minimum Gasteiger partial charge on any atom is -0.386 e. The van der Waals surface area contributed by atoms with E-state index in [0.717, 1.165) is 0 Å². The third kappa shape index (κ3) is 3.36. The van der Waals surface area contributed by atoms with Crippen molar-refractivity contribution < 1.29 is 14.3 Å². The van der Waals surface area contributed by atoms with Gasteiger partial charge in [0.15, 0.2) is 17.3 Å². The summed E-state index contributed by atoms with van der Waals surface area (Å²) in [4.78, 5) is 12.6. The molecule has 0 heterocycles. The van der Waals surface area contributed by atoms with E-state index in [9.17, 15) is 4.79 Å². The van der Waals surface area contributed by atoms with E-state index in [1.54, 1.807) is 0 Å². The van der Waals surface area contributed by atoms with Gasteiger partial charge in [0.25, 0.3) is 12.5 Å². The van der Waals surface area contributed by atoms with Crippen LogP contribution in [0, 0.1) is 23.0 Å². The highest BCUT2D eigenvalue weighted by atomic mass is 35.5. The van der Waals surface area contributed by atoms with Gasteiger partial charge >= 0.3 is 0 Å². The van der Waals surface area contributed by atoms with Crippen molar-refractivity contribution in [2.45, 2.75) is 0 Å². The van der Waals surface area contributed by atoms with Crippen LogP contribution in [0.5, 0.6) is 11.5 Å². The van der Waals surface area contributed by atoms with Gasteiger partial charge in [-0.15, -0.1) is 10.5 Å². The minimum absolute atomic E-state index is 0.0163. The zero-order chi connectivity index (χ0) is 17.9. The number of ketones is 1. The number of carbonyl (C=O) groups is 1. The predicted octanol–water partition coefficient (Wildman–Crippen LogP) is 5.25. The maximum Gasteiger partial charge on any atom is 0.292 e. The number of nitrogens with zero attached hydrogens (tertiary/aromatic N) is 2. The van der Waals surface area contributed by atoms with Crippen molar-refractivity contribution in [3.05, 3.63) is 55.5 Å². The minimum atomic E-state index is -0.555. The second kappa shape index (κ2) is 7.61. The summed E-state index contributed by atoms with van der Waals surface area (Å²) in [5.74, 6) is -0.522. The van der Waals surface area contributed by atoms with Crippen molar-refractivity contribution in [1.29, 1.82) is 10.5 Å². The second-order valence-electron chi connectivity index (χ2n) is 4.19. The average molecular weight is 402 g/mol. The van der Waals surface area contributed by atoms with Crippen LogP contribution in [0.4, 0.5) is 0 Å². The molecule has 2 aromatic carbocycles. The van der Waals surface area contributed by atoms with Crippen LogP contribution in [-0.2, 0) is 0 Å². The van der Waals surface area contributed by atoms with Crippen molar-refractivity contribution >= 4 is 52.2 Å². The first kappa shape index (κ1) is 18.2. The van der Waals surface area contributed by atoms with Crippen LogP contribution in [0.2, 0.25) is 20.1 Å². The molecule has 0 unspecified atom stereocenters. The van der Waals surface area contributed by atoms with E-state index in [-0.39, 0.29) is 42.7 Å². The first-order valence-electron chi connectivity index (χ1n) is 6.05. The summed E-state index contributed by atoms with van der Waals surface area (Å²) in [5.41, 5.74) is 0.0812. The number of benzene rings is 2. The number of nitriles is 2. The van der Waals surface area contributed by atoms with Crippen LogP contribution in [0.15, 0.2) is 24.3 Å². The van der Waals surface area contributed by atoms with Crippen LogP contribution in [0.1, 0.15) is 15.9 Å². The second-order valence-corrected chi connectivity index (χ2v) is 5.71. The van der Waals surface area contributed by atoms with Gasteiger partial charge in [0, 0.05) is 11.1 Å². The molecule has 9 heteroatoms. The summed E-state index contributed by atoms with van der Waals surface area (Å²) in [6, 6.07) is 5.33. The smallest absolute Gasteiger partial charge is 0.292 e. The Labute approximate surface area is 156 Å². The van der Waals surface area contributed by atoms with Crippen LogP contribution < -0.4 is 9.47 Å². The molecule has 2 aromatic rings. The molecule has 0 spiro atoms. The fourth-order valence-corrected chi connectivity index (χ4v) is 2.71. The molecule has 0 atom stereocenters. The first-order valence-corrected chi connectivity index (χ1v) is 7.56. The normalized spacial score (nSPS) is 9.75. The zero-order valence-electron chi connectivity index (χ0n) is 11.4. The standard InChI is InChI=1S/C15H4Cl4N2O3/c16-11-7(1-3-9(13(11)18)23-5-20)15(22)8-2-4-10(24-6-21)14(19)12(8)17/h1-4H. The van der Waals surface area contributed by atoms with E-state index in [4.69, 9.17) is 56.9 Å². The third-order valence-corrected chi connectivity index (χ3v) is 4.62. The molecule has 0 aliphatic carbocycles. The van der Waals surface area contributed by atoms with Gasteiger partial charge in [-0.3, -0.25) is 4.79 Å². The molecule has 0 saturated carbocycles. The fourth-order valence-electron chi connectivity index (χ4n) is 1.82. The summed E-state index contributed by atoms with van der Waals surface area (Å²) in [6.45, 7) is 0. The number of carbonyl (C=O) groups excluding carboxylic acids is 1. The van der Waals surface area contributed by atoms with E-state index in [1.807, 2.05) is 0 Å². The highest BCUT2D eigenvalue weighted by Gasteiger charge is 2.22. The fraction of sp³-hybridized carbons (Fsp3) is 0. The van der Waals surface area contributed by atoms with Gasteiger partial charge in [-0.2, -0.15) is 0 Å². The molecule has 0 aliphatic heterocycles. The lowest BCUT2D eigenvalue weighted by molar-refractivity contribution is 0.103. The lowest BCUT2D eigenvalue weighted by atomic mass is 10.0. The highest BCUT2D eigenvalue weighted by Crippen LogP contribution is 2.39. The van der Waals surface area contributed by atoms with Crippen molar-refractivity contribution in [2.75, 3.05) is 0 Å². The van der Waals surface area contributed by atoms with Gasteiger partial charge < -0.3 is 9.47 Å². The maximum absolute atomic E-state index is 12.6. The summed E-state index contributed by atoms with van der Waals surface area (Å²) in [6.07, 6.45) is 2.92. The monoisotopic (exact) mass is 400 g/mol. The van der Waals surface area contributed by atoms with Crippen molar-refractivity contribution in [3.63, 3.8) is 0 Å². The van der Waals surface area contributed by atoms with Gasteiger partial charge in [-0.25, -0.2) is 0 Å². The first-order chi connectivity index (χ1) is 11.4. The van der Waals surface area contributed by atoms with Crippen molar-refractivity contribution in [3.8, 4) is 24.0 Å². The quantitative estimate of drug-likeness (QED) is 0.515. The predicted molar refractivity (Wildman–Crippen MR) is 88.8 cm³/mol. The summed E-state index contributed by atoms with van der Waals surface area (Å²) >= 11 is 24.1. The average Bonchev–Trinajstić information content (AvgIpc) is 2.56. The highest BCUT2D eigenvalue weighted by molar-refractivity contribution is 6.47. The maximum atomic E-state index is 12.6. The molecule has 0 radical (unpaired) electrons. The summed E-state index contributed by atoms with van der Waals surface area (Å²) in [7, 11) is 0. The molecule has 0 N–H and O–H groups in total. The number of hydrogen-bond donors (Lipinski definition) is 0. The Morgan fingerprint density at radius 1 is 0.750 bits per heavy atom. The zero-order valence-corrected chi connectivity index (χ0v) is 14.5. The molecule has 24 heavy (non-hydrogen) atoms. The largest absolute Gasteiger partial charge is 0.386 e. The van der Waals surface area contributed by atoms with Crippen LogP contribution in [0.3, 0.4) is 0 Å². The van der Waals surface area contributed by atoms with E-state index in [2.05, 4.69) is 9.47 Å². The number of halogens is 4. The Bertz CT molecular complexity index is 843. The Morgan fingerprint density at radius 3 is 1.46 bits per heavy atom. The Balaban J connectivity index is 2.51. The van der Waals surface area contributed by atoms with Gasteiger partial charge in [-0.05, 0) is 24.3 Å². The van der Waals surface area contributed by atoms with Crippen LogP contribution in [0.25, 0.3) is 0 Å². The van der Waals surface area contributed by atoms with Gasteiger partial charge in [0.1, 0.15) is 10.0 Å². The summed E-state index contributed by atoms with van der Waals surface area (Å²) in [5, 5.41) is 16.7. The topological polar surface area (TPSA) is 83.1 Å². The van der Waals surface area contributed by atoms with E-state index < -0.39 is 5.78 Å². The molecule has 0 saturated heterocycles. The molecule has 0 aromatic heterocycles. The molecule has 0 amide bonds.